The van der Waals surface area contributed by atoms with Gasteiger partial charge in [-0.15, -0.1) is 0 Å². The number of amides is 1. The van der Waals surface area contributed by atoms with Crippen LogP contribution in [0.2, 0.25) is 0 Å². The van der Waals surface area contributed by atoms with E-state index in [-0.39, 0.29) is 17.6 Å². The van der Waals surface area contributed by atoms with Crippen molar-refractivity contribution >= 4 is 12.1 Å². The molecule has 0 bridgehead atoms. The number of nitrogens with one attached hydrogen (secondary N) is 1. The Morgan fingerprint density at radius 1 is 0.880 bits per heavy atom. The summed E-state index contributed by atoms with van der Waals surface area (Å²) in [6.07, 6.45) is 1.50. The molecule has 3 aromatic carbocycles. The largest absolute Gasteiger partial charge is 0.272 e. The highest BCUT2D eigenvalue weighted by Crippen LogP contribution is 2.44. The van der Waals surface area contributed by atoms with Gasteiger partial charge in [0.2, 0.25) is 0 Å². The van der Waals surface area contributed by atoms with Crippen LogP contribution in [0.15, 0.2) is 77.9 Å². The summed E-state index contributed by atoms with van der Waals surface area (Å²) in [5, 5.41) is 4.01. The minimum atomic E-state index is -0.377. The zero-order valence-electron chi connectivity index (χ0n) is 13.3. The summed E-state index contributed by atoms with van der Waals surface area (Å²) in [6, 6.07) is 21.7. The maximum Gasteiger partial charge on any atom is 0.252 e. The summed E-state index contributed by atoms with van der Waals surface area (Å²) in [5.41, 5.74) is 7.46. The van der Waals surface area contributed by atoms with Gasteiger partial charge in [-0.3, -0.25) is 4.79 Å². The van der Waals surface area contributed by atoms with Gasteiger partial charge in [-0.05, 0) is 39.9 Å². The van der Waals surface area contributed by atoms with Crippen LogP contribution in [0, 0.1) is 5.82 Å². The van der Waals surface area contributed by atoms with Gasteiger partial charge in [0.05, 0.1) is 12.1 Å². The molecule has 0 saturated heterocycles. The Morgan fingerprint density at radius 3 is 2.04 bits per heavy atom. The van der Waals surface area contributed by atoms with Crippen molar-refractivity contribution in [1.29, 1.82) is 0 Å². The van der Waals surface area contributed by atoms with E-state index in [1.807, 2.05) is 48.5 Å². The lowest BCUT2D eigenvalue weighted by molar-refractivity contribution is -0.121. The van der Waals surface area contributed by atoms with Crippen molar-refractivity contribution in [1.82, 2.24) is 5.43 Å². The summed E-state index contributed by atoms with van der Waals surface area (Å²) in [7, 11) is 0. The smallest absolute Gasteiger partial charge is 0.252 e. The predicted octanol–water partition coefficient (Wildman–Crippen LogP) is 4.09. The molecule has 122 valence electrons. The average molecular weight is 330 g/mol. The van der Waals surface area contributed by atoms with Gasteiger partial charge in [-0.25, -0.2) is 9.82 Å². The van der Waals surface area contributed by atoms with Gasteiger partial charge < -0.3 is 0 Å². The van der Waals surface area contributed by atoms with Crippen molar-refractivity contribution < 1.29 is 9.18 Å². The molecule has 3 nitrogen and oxygen atoms in total. The van der Waals surface area contributed by atoms with E-state index in [2.05, 4.69) is 10.5 Å². The van der Waals surface area contributed by atoms with Gasteiger partial charge in [0.15, 0.2) is 0 Å². The fourth-order valence-electron chi connectivity index (χ4n) is 3.22. The number of benzene rings is 3. The quantitative estimate of drug-likeness (QED) is 0.570. The summed E-state index contributed by atoms with van der Waals surface area (Å²) in [5.74, 6) is -0.867. The molecule has 0 radical (unpaired) electrons. The molecule has 4 heteroatoms. The maximum absolute atomic E-state index is 12.9. The third-order valence-electron chi connectivity index (χ3n) is 4.35. The molecule has 1 amide bonds. The van der Waals surface area contributed by atoms with Gasteiger partial charge in [-0.1, -0.05) is 60.7 Å². The summed E-state index contributed by atoms with van der Waals surface area (Å²) < 4.78 is 12.9. The van der Waals surface area contributed by atoms with Crippen molar-refractivity contribution in [2.24, 2.45) is 5.10 Å². The van der Waals surface area contributed by atoms with Gasteiger partial charge in [-0.2, -0.15) is 5.10 Å². The van der Waals surface area contributed by atoms with Crippen LogP contribution in [-0.2, 0) is 4.79 Å². The van der Waals surface area contributed by atoms with E-state index in [4.69, 9.17) is 0 Å². The third-order valence-corrected chi connectivity index (χ3v) is 4.35. The minimum absolute atomic E-state index is 0.184. The molecule has 0 aliphatic heterocycles. The van der Waals surface area contributed by atoms with Crippen molar-refractivity contribution in [3.63, 3.8) is 0 Å². The van der Waals surface area contributed by atoms with E-state index in [1.165, 1.54) is 18.3 Å². The second-order valence-corrected chi connectivity index (χ2v) is 5.89. The number of carbonyl (C=O) groups excluding carboxylic acids is 1. The fraction of sp³-hybridized carbons (Fsp3) is 0.0476. The van der Waals surface area contributed by atoms with Crippen LogP contribution in [0.3, 0.4) is 0 Å². The average Bonchev–Trinajstić information content (AvgIpc) is 2.98. The van der Waals surface area contributed by atoms with Crippen LogP contribution in [0.4, 0.5) is 4.39 Å². The Balaban J connectivity index is 1.59. The molecule has 0 saturated carbocycles. The number of hydrogen-bond acceptors (Lipinski definition) is 2. The van der Waals surface area contributed by atoms with E-state index in [1.54, 1.807) is 12.1 Å². The van der Waals surface area contributed by atoms with E-state index in [0.29, 0.717) is 5.56 Å². The molecule has 1 N–H and O–H groups in total. The van der Waals surface area contributed by atoms with Crippen LogP contribution < -0.4 is 5.43 Å². The molecule has 0 unspecified atom stereocenters. The van der Waals surface area contributed by atoms with Gasteiger partial charge in [0.1, 0.15) is 5.82 Å². The molecular weight excluding hydrogens is 315 g/mol. The van der Waals surface area contributed by atoms with E-state index in [9.17, 15) is 9.18 Å². The zero-order valence-corrected chi connectivity index (χ0v) is 13.3. The van der Waals surface area contributed by atoms with Crippen LogP contribution in [0.25, 0.3) is 11.1 Å². The topological polar surface area (TPSA) is 41.5 Å². The zero-order chi connectivity index (χ0) is 17.2. The number of hydrogen-bond donors (Lipinski definition) is 1. The SMILES string of the molecule is O=C(N/N=C\c1ccc(F)cc1)C1c2ccccc2-c2ccccc21. The molecule has 0 fully saturated rings. The number of hydrazone groups is 1. The monoisotopic (exact) mass is 330 g/mol. The lowest BCUT2D eigenvalue weighted by Crippen LogP contribution is -2.25. The summed E-state index contributed by atoms with van der Waals surface area (Å²) in [6.45, 7) is 0. The first-order valence-corrected chi connectivity index (χ1v) is 8.01. The molecule has 25 heavy (non-hydrogen) atoms. The Kier molecular flexibility index (Phi) is 3.86. The van der Waals surface area contributed by atoms with Crippen molar-refractivity contribution in [2.45, 2.75) is 5.92 Å². The number of nitrogens with zero attached hydrogens (tertiary/aromatic N) is 1. The highest BCUT2D eigenvalue weighted by molar-refractivity contribution is 5.96. The second kappa shape index (κ2) is 6.32. The summed E-state index contributed by atoms with van der Waals surface area (Å²) >= 11 is 0. The molecule has 1 aliphatic carbocycles. The first kappa shape index (κ1) is 15.3. The Morgan fingerprint density at radius 2 is 1.44 bits per heavy atom. The number of carbonyl (C=O) groups is 1. The van der Waals surface area contributed by atoms with E-state index in [0.717, 1.165) is 22.3 Å². The first-order chi connectivity index (χ1) is 12.2. The van der Waals surface area contributed by atoms with Crippen molar-refractivity contribution in [3.8, 4) is 11.1 Å². The van der Waals surface area contributed by atoms with Crippen molar-refractivity contribution in [2.75, 3.05) is 0 Å². The number of rotatable bonds is 3. The minimum Gasteiger partial charge on any atom is -0.272 e. The number of halogens is 1. The van der Waals surface area contributed by atoms with Crippen LogP contribution in [0.1, 0.15) is 22.6 Å². The second-order valence-electron chi connectivity index (χ2n) is 5.89. The standard InChI is InChI=1S/C21H15FN2O/c22-15-11-9-14(10-12-15)13-23-24-21(25)20-18-7-3-1-5-16(18)17-6-2-4-8-19(17)20/h1-13,20H,(H,24,25)/b23-13-. The molecule has 0 heterocycles. The highest BCUT2D eigenvalue weighted by Gasteiger charge is 2.33. The maximum atomic E-state index is 12.9. The molecule has 0 aromatic heterocycles. The highest BCUT2D eigenvalue weighted by atomic mass is 19.1. The lowest BCUT2D eigenvalue weighted by atomic mass is 9.96. The molecule has 3 aromatic rings. The van der Waals surface area contributed by atoms with Crippen LogP contribution in [0.5, 0.6) is 0 Å². The fourth-order valence-corrected chi connectivity index (χ4v) is 3.22. The normalized spacial score (nSPS) is 12.8. The van der Waals surface area contributed by atoms with E-state index >= 15 is 0 Å². The van der Waals surface area contributed by atoms with Crippen LogP contribution in [-0.4, -0.2) is 12.1 Å². The lowest BCUT2D eigenvalue weighted by Gasteiger charge is -2.11. The first-order valence-electron chi connectivity index (χ1n) is 8.01. The Bertz CT molecular complexity index is 918. The Labute approximate surface area is 144 Å². The molecule has 0 spiro atoms. The number of fused-ring (bicyclic) bond motifs is 3. The molecule has 4 rings (SSSR count). The molecular formula is C21H15FN2O. The summed E-state index contributed by atoms with van der Waals surface area (Å²) in [4.78, 5) is 12.7. The van der Waals surface area contributed by atoms with Gasteiger partial charge in [0.25, 0.3) is 5.91 Å². The van der Waals surface area contributed by atoms with Crippen LogP contribution >= 0.6 is 0 Å². The van der Waals surface area contributed by atoms with Gasteiger partial charge in [0, 0.05) is 0 Å². The Hall–Kier alpha value is -3.27. The molecule has 0 atom stereocenters. The molecule has 1 aliphatic rings. The van der Waals surface area contributed by atoms with Gasteiger partial charge >= 0.3 is 0 Å². The van der Waals surface area contributed by atoms with Crippen molar-refractivity contribution in [3.05, 3.63) is 95.3 Å². The third kappa shape index (κ3) is 2.83. The predicted molar refractivity (Wildman–Crippen MR) is 95.9 cm³/mol. The van der Waals surface area contributed by atoms with E-state index < -0.39 is 0 Å².